The molecule has 0 spiro atoms. The minimum Gasteiger partial charge on any atom is -0.490 e. The van der Waals surface area contributed by atoms with E-state index in [1.54, 1.807) is 11.0 Å². The number of nitrogens with zero attached hydrogens (tertiary/aromatic N) is 1. The number of fused-ring (bicyclic) bond motifs is 2. The highest BCUT2D eigenvalue weighted by atomic mass is 32.2. The Morgan fingerprint density at radius 2 is 1.85 bits per heavy atom. The third-order valence-corrected chi connectivity index (χ3v) is 6.03. The minimum absolute atomic E-state index is 0.0429. The lowest BCUT2D eigenvalue weighted by Crippen LogP contribution is -2.39. The van der Waals surface area contributed by atoms with Crippen molar-refractivity contribution >= 4 is 21.6 Å². The van der Waals surface area contributed by atoms with Crippen molar-refractivity contribution in [2.75, 3.05) is 31.2 Å². The van der Waals surface area contributed by atoms with E-state index in [9.17, 15) is 13.2 Å². The van der Waals surface area contributed by atoms with Gasteiger partial charge in [0.05, 0.1) is 24.7 Å². The number of hydrogen-bond acceptors (Lipinski definition) is 5. The van der Waals surface area contributed by atoms with Crippen LogP contribution in [0.4, 0.5) is 5.69 Å². The van der Waals surface area contributed by atoms with E-state index in [2.05, 4.69) is 4.72 Å². The highest BCUT2D eigenvalue weighted by Gasteiger charge is 2.26. The molecule has 0 saturated heterocycles. The number of para-hydroxylation sites is 1. The molecule has 2 aliphatic rings. The van der Waals surface area contributed by atoms with Gasteiger partial charge in [-0.2, -0.15) is 0 Å². The van der Waals surface area contributed by atoms with Crippen LogP contribution in [0.2, 0.25) is 0 Å². The number of sulfonamides is 1. The summed E-state index contributed by atoms with van der Waals surface area (Å²) < 4.78 is 38.6. The van der Waals surface area contributed by atoms with E-state index in [4.69, 9.17) is 9.47 Å². The molecular weight excluding hydrogens is 368 g/mol. The fourth-order valence-corrected chi connectivity index (χ4v) is 4.23. The number of ether oxygens (including phenoxy) is 2. The van der Waals surface area contributed by atoms with Gasteiger partial charge >= 0.3 is 0 Å². The summed E-state index contributed by atoms with van der Waals surface area (Å²) in [6.07, 6.45) is 1.51. The van der Waals surface area contributed by atoms with Gasteiger partial charge in [0.1, 0.15) is 0 Å². The number of anilines is 1. The van der Waals surface area contributed by atoms with Gasteiger partial charge in [0.2, 0.25) is 15.9 Å². The monoisotopic (exact) mass is 388 g/mol. The van der Waals surface area contributed by atoms with Gasteiger partial charge < -0.3 is 14.4 Å². The molecule has 0 aliphatic carbocycles. The maximum atomic E-state index is 12.6. The van der Waals surface area contributed by atoms with Crippen LogP contribution in [0.3, 0.4) is 0 Å². The van der Waals surface area contributed by atoms with Crippen LogP contribution in [-0.2, 0) is 21.2 Å². The number of rotatable bonds is 4. The van der Waals surface area contributed by atoms with Crippen molar-refractivity contribution in [2.24, 2.45) is 0 Å². The predicted molar refractivity (Wildman–Crippen MR) is 99.7 cm³/mol. The molecular formula is C19H20N2O5S. The highest BCUT2D eigenvalue weighted by molar-refractivity contribution is 7.89. The lowest BCUT2D eigenvalue weighted by Gasteiger charge is -2.18. The van der Waals surface area contributed by atoms with E-state index in [0.717, 1.165) is 24.1 Å². The summed E-state index contributed by atoms with van der Waals surface area (Å²) in [6, 6.07) is 12.1. The summed E-state index contributed by atoms with van der Waals surface area (Å²) in [4.78, 5) is 14.2. The largest absolute Gasteiger partial charge is 0.490 e. The fraction of sp³-hybridized carbons (Fsp3) is 0.316. The molecule has 4 rings (SSSR count). The Bertz CT molecular complexity index is 974. The molecule has 27 heavy (non-hydrogen) atoms. The van der Waals surface area contributed by atoms with E-state index < -0.39 is 10.0 Å². The van der Waals surface area contributed by atoms with E-state index in [1.165, 1.54) is 12.1 Å². The van der Waals surface area contributed by atoms with Gasteiger partial charge in [0, 0.05) is 24.7 Å². The van der Waals surface area contributed by atoms with Crippen LogP contribution in [0.25, 0.3) is 0 Å². The van der Waals surface area contributed by atoms with Crippen molar-refractivity contribution in [2.45, 2.75) is 17.7 Å². The summed E-state index contributed by atoms with van der Waals surface area (Å²) in [5.41, 5.74) is 1.94. The molecule has 0 unspecified atom stereocenters. The van der Waals surface area contributed by atoms with Crippen molar-refractivity contribution in [1.29, 1.82) is 0 Å². The second-order valence-electron chi connectivity index (χ2n) is 6.41. The van der Waals surface area contributed by atoms with Crippen molar-refractivity contribution in [3.8, 4) is 11.5 Å². The highest BCUT2D eigenvalue weighted by Crippen LogP contribution is 2.32. The Kier molecular flexibility index (Phi) is 4.75. The first-order valence-electron chi connectivity index (χ1n) is 8.82. The summed E-state index contributed by atoms with van der Waals surface area (Å²) in [5.74, 6) is 0.643. The average Bonchev–Trinajstić information content (AvgIpc) is 2.96. The maximum Gasteiger partial charge on any atom is 0.242 e. The molecule has 0 atom stereocenters. The smallest absolute Gasteiger partial charge is 0.242 e. The molecule has 0 bridgehead atoms. The van der Waals surface area contributed by atoms with Gasteiger partial charge in [-0.15, -0.1) is 0 Å². The summed E-state index contributed by atoms with van der Waals surface area (Å²) in [5, 5.41) is 0. The first-order valence-corrected chi connectivity index (χ1v) is 10.3. The number of benzene rings is 2. The number of nitrogens with one attached hydrogen (secondary N) is 1. The van der Waals surface area contributed by atoms with Crippen LogP contribution in [0.15, 0.2) is 47.4 Å². The van der Waals surface area contributed by atoms with E-state index in [1.807, 2.05) is 24.3 Å². The molecule has 2 heterocycles. The average molecular weight is 388 g/mol. The van der Waals surface area contributed by atoms with Gasteiger partial charge in [-0.25, -0.2) is 13.1 Å². The third kappa shape index (κ3) is 3.63. The van der Waals surface area contributed by atoms with Gasteiger partial charge in [-0.3, -0.25) is 4.79 Å². The first-order chi connectivity index (χ1) is 13.0. The molecule has 0 radical (unpaired) electrons. The van der Waals surface area contributed by atoms with Gasteiger partial charge in [0.15, 0.2) is 11.5 Å². The van der Waals surface area contributed by atoms with Crippen LogP contribution in [0.5, 0.6) is 11.5 Å². The normalized spacial score (nSPS) is 15.9. The molecule has 2 aromatic carbocycles. The Hall–Kier alpha value is -2.58. The van der Waals surface area contributed by atoms with Crippen molar-refractivity contribution in [3.05, 3.63) is 48.0 Å². The van der Waals surface area contributed by atoms with Gasteiger partial charge in [-0.05, 0) is 30.2 Å². The Balaban J connectivity index is 1.46. The van der Waals surface area contributed by atoms with Crippen LogP contribution >= 0.6 is 0 Å². The SMILES string of the molecule is O=C(CNS(=O)(=O)c1ccc2c(c1)OCCCO2)N1CCc2ccccc21. The first kappa shape index (κ1) is 17.8. The number of hydrogen-bond donors (Lipinski definition) is 1. The zero-order chi connectivity index (χ0) is 18.9. The zero-order valence-electron chi connectivity index (χ0n) is 14.7. The van der Waals surface area contributed by atoms with E-state index in [-0.39, 0.29) is 17.3 Å². The minimum atomic E-state index is -3.84. The molecule has 0 fully saturated rings. The fourth-order valence-electron chi connectivity index (χ4n) is 3.24. The summed E-state index contributed by atoms with van der Waals surface area (Å²) >= 11 is 0. The van der Waals surface area contributed by atoms with Crippen LogP contribution in [-0.4, -0.2) is 40.6 Å². The molecule has 0 aromatic heterocycles. The number of carbonyl (C=O) groups excluding carboxylic acids is 1. The van der Waals surface area contributed by atoms with Crippen LogP contribution in [0, 0.1) is 0 Å². The molecule has 0 saturated carbocycles. The lowest BCUT2D eigenvalue weighted by atomic mass is 10.2. The van der Waals surface area contributed by atoms with Crippen LogP contribution < -0.4 is 19.1 Å². The van der Waals surface area contributed by atoms with Crippen molar-refractivity contribution in [1.82, 2.24) is 4.72 Å². The molecule has 7 nitrogen and oxygen atoms in total. The second kappa shape index (κ2) is 7.21. The number of amides is 1. The van der Waals surface area contributed by atoms with Gasteiger partial charge in [-0.1, -0.05) is 18.2 Å². The van der Waals surface area contributed by atoms with Crippen molar-refractivity contribution < 1.29 is 22.7 Å². The molecule has 1 amide bonds. The lowest BCUT2D eigenvalue weighted by molar-refractivity contribution is -0.117. The van der Waals surface area contributed by atoms with Gasteiger partial charge in [0.25, 0.3) is 0 Å². The molecule has 2 aromatic rings. The molecule has 2 aliphatic heterocycles. The standard InChI is InChI=1S/C19H20N2O5S/c22-19(21-9-8-14-4-1-2-5-16(14)21)13-20-27(23,24)15-6-7-17-18(12-15)26-11-3-10-25-17/h1-2,4-7,12,20H,3,8-11,13H2. The van der Waals surface area contributed by atoms with E-state index in [0.29, 0.717) is 31.3 Å². The Morgan fingerprint density at radius 3 is 2.70 bits per heavy atom. The maximum absolute atomic E-state index is 12.6. The molecule has 142 valence electrons. The quantitative estimate of drug-likeness (QED) is 0.862. The Morgan fingerprint density at radius 1 is 1.07 bits per heavy atom. The third-order valence-electron chi connectivity index (χ3n) is 4.63. The molecule has 8 heteroatoms. The molecule has 1 N–H and O–H groups in total. The van der Waals surface area contributed by atoms with Crippen molar-refractivity contribution in [3.63, 3.8) is 0 Å². The Labute approximate surface area is 157 Å². The predicted octanol–water partition coefficient (Wildman–Crippen LogP) is 1.72. The zero-order valence-corrected chi connectivity index (χ0v) is 15.5. The summed E-state index contributed by atoms with van der Waals surface area (Å²) in [7, 11) is -3.84. The topological polar surface area (TPSA) is 84.9 Å². The second-order valence-corrected chi connectivity index (χ2v) is 8.17. The summed E-state index contributed by atoms with van der Waals surface area (Å²) in [6.45, 7) is 1.26. The van der Waals surface area contributed by atoms with Crippen LogP contribution in [0.1, 0.15) is 12.0 Å². The number of carbonyl (C=O) groups is 1. The van der Waals surface area contributed by atoms with E-state index >= 15 is 0 Å².